The van der Waals surface area contributed by atoms with Crippen LogP contribution >= 0.6 is 11.6 Å². The summed E-state index contributed by atoms with van der Waals surface area (Å²) in [5, 5.41) is 11.5. The molecule has 2 unspecified atom stereocenters. The molecular formula is C14H19ClO3. The van der Waals surface area contributed by atoms with Crippen molar-refractivity contribution < 1.29 is 14.6 Å². The smallest absolute Gasteiger partial charge is 0.125 e. The summed E-state index contributed by atoms with van der Waals surface area (Å²) in [5.41, 5.74) is -0.188. The van der Waals surface area contributed by atoms with Crippen LogP contribution in [0.3, 0.4) is 0 Å². The molecule has 4 heteroatoms. The summed E-state index contributed by atoms with van der Waals surface area (Å²) in [7, 11) is 1.60. The molecule has 1 saturated heterocycles. The van der Waals surface area contributed by atoms with Gasteiger partial charge in [0.2, 0.25) is 0 Å². The third-order valence-corrected chi connectivity index (χ3v) is 3.61. The van der Waals surface area contributed by atoms with Gasteiger partial charge in [-0.3, -0.25) is 0 Å². The van der Waals surface area contributed by atoms with Crippen LogP contribution in [0, 0.1) is 0 Å². The standard InChI is InChI=1S/C14H19ClO3/c1-9-7-14(16,8-10(2)18-9)12-6-11(15)4-5-13(12)17-3/h4-6,9-10,16H,7-8H2,1-3H3. The van der Waals surface area contributed by atoms with Crippen molar-refractivity contribution >= 4 is 11.6 Å². The Kier molecular flexibility index (Phi) is 3.85. The summed E-state index contributed by atoms with van der Waals surface area (Å²) < 4.78 is 11.0. The zero-order chi connectivity index (χ0) is 13.3. The van der Waals surface area contributed by atoms with Crippen LogP contribution in [0.5, 0.6) is 5.75 Å². The van der Waals surface area contributed by atoms with Crippen molar-refractivity contribution in [2.24, 2.45) is 0 Å². The highest BCUT2D eigenvalue weighted by Crippen LogP contribution is 2.42. The lowest BCUT2D eigenvalue weighted by molar-refractivity contribution is -0.136. The fourth-order valence-electron chi connectivity index (χ4n) is 2.79. The van der Waals surface area contributed by atoms with E-state index in [1.165, 1.54) is 0 Å². The van der Waals surface area contributed by atoms with Gasteiger partial charge in [-0.1, -0.05) is 11.6 Å². The maximum absolute atomic E-state index is 10.9. The van der Waals surface area contributed by atoms with Crippen molar-refractivity contribution in [3.05, 3.63) is 28.8 Å². The number of hydrogen-bond acceptors (Lipinski definition) is 3. The quantitative estimate of drug-likeness (QED) is 0.897. The van der Waals surface area contributed by atoms with Crippen molar-refractivity contribution in [1.82, 2.24) is 0 Å². The van der Waals surface area contributed by atoms with Gasteiger partial charge in [-0.05, 0) is 32.0 Å². The molecule has 3 nitrogen and oxygen atoms in total. The average Bonchev–Trinajstić information content (AvgIpc) is 2.27. The van der Waals surface area contributed by atoms with E-state index in [4.69, 9.17) is 21.1 Å². The van der Waals surface area contributed by atoms with E-state index < -0.39 is 5.60 Å². The lowest BCUT2D eigenvalue weighted by Gasteiger charge is -2.40. The van der Waals surface area contributed by atoms with Gasteiger partial charge < -0.3 is 14.6 Å². The Balaban J connectivity index is 2.42. The number of halogens is 1. The van der Waals surface area contributed by atoms with Gasteiger partial charge in [-0.15, -0.1) is 0 Å². The normalized spacial score (nSPS) is 32.3. The first-order chi connectivity index (χ1) is 8.44. The molecule has 0 spiro atoms. The third kappa shape index (κ3) is 2.63. The second kappa shape index (κ2) is 5.08. The molecule has 0 amide bonds. The predicted molar refractivity (Wildman–Crippen MR) is 71.1 cm³/mol. The second-order valence-electron chi connectivity index (χ2n) is 5.04. The molecule has 2 rings (SSSR count). The zero-order valence-corrected chi connectivity index (χ0v) is 11.7. The van der Waals surface area contributed by atoms with Gasteiger partial charge in [0.05, 0.1) is 24.9 Å². The monoisotopic (exact) mass is 270 g/mol. The van der Waals surface area contributed by atoms with Gasteiger partial charge in [0.25, 0.3) is 0 Å². The fourth-order valence-corrected chi connectivity index (χ4v) is 2.96. The maximum atomic E-state index is 10.9. The van der Waals surface area contributed by atoms with Crippen LogP contribution < -0.4 is 4.74 Å². The molecule has 0 radical (unpaired) electrons. The minimum atomic E-state index is -0.937. The summed E-state index contributed by atoms with van der Waals surface area (Å²) in [5.74, 6) is 0.670. The van der Waals surface area contributed by atoms with Crippen LogP contribution in [0.1, 0.15) is 32.3 Å². The molecule has 2 atom stereocenters. The lowest BCUT2D eigenvalue weighted by Crippen LogP contribution is -2.41. The molecule has 1 aromatic rings. The van der Waals surface area contributed by atoms with Crippen LogP contribution in [0.15, 0.2) is 18.2 Å². The summed E-state index contributed by atoms with van der Waals surface area (Å²) >= 11 is 6.03. The molecule has 1 aromatic carbocycles. The van der Waals surface area contributed by atoms with E-state index in [0.29, 0.717) is 23.6 Å². The van der Waals surface area contributed by atoms with Gasteiger partial charge in [-0.25, -0.2) is 0 Å². The molecule has 1 aliphatic rings. The molecule has 1 fully saturated rings. The zero-order valence-electron chi connectivity index (χ0n) is 10.9. The van der Waals surface area contributed by atoms with E-state index >= 15 is 0 Å². The molecule has 0 aromatic heterocycles. The summed E-state index contributed by atoms with van der Waals surface area (Å²) in [4.78, 5) is 0. The molecule has 18 heavy (non-hydrogen) atoms. The highest BCUT2D eigenvalue weighted by molar-refractivity contribution is 6.30. The number of benzene rings is 1. The van der Waals surface area contributed by atoms with Gasteiger partial charge in [0.15, 0.2) is 0 Å². The van der Waals surface area contributed by atoms with Crippen molar-refractivity contribution in [1.29, 1.82) is 0 Å². The molecular weight excluding hydrogens is 252 g/mol. The van der Waals surface area contributed by atoms with Crippen LogP contribution in [0.25, 0.3) is 0 Å². The van der Waals surface area contributed by atoms with E-state index in [-0.39, 0.29) is 12.2 Å². The SMILES string of the molecule is COc1ccc(Cl)cc1C1(O)CC(C)OC(C)C1. The second-order valence-corrected chi connectivity index (χ2v) is 5.48. The van der Waals surface area contributed by atoms with Crippen molar-refractivity contribution in [2.45, 2.75) is 44.5 Å². The molecule has 0 bridgehead atoms. The van der Waals surface area contributed by atoms with E-state index in [9.17, 15) is 5.11 Å². The highest BCUT2D eigenvalue weighted by atomic mass is 35.5. The van der Waals surface area contributed by atoms with E-state index in [1.54, 1.807) is 25.3 Å². The molecule has 1 N–H and O–H groups in total. The lowest BCUT2D eigenvalue weighted by atomic mass is 9.81. The Morgan fingerprint density at radius 3 is 2.50 bits per heavy atom. The van der Waals surface area contributed by atoms with Crippen LogP contribution in [0.4, 0.5) is 0 Å². The summed E-state index contributed by atoms with van der Waals surface area (Å²) in [6.45, 7) is 3.94. The first kappa shape index (κ1) is 13.7. The highest BCUT2D eigenvalue weighted by Gasteiger charge is 2.40. The van der Waals surface area contributed by atoms with Crippen molar-refractivity contribution in [3.63, 3.8) is 0 Å². The Bertz CT molecular complexity index is 423. The first-order valence-electron chi connectivity index (χ1n) is 6.16. The van der Waals surface area contributed by atoms with Crippen molar-refractivity contribution in [2.75, 3.05) is 7.11 Å². The average molecular weight is 271 g/mol. The number of aliphatic hydroxyl groups is 1. The number of methoxy groups -OCH3 is 1. The third-order valence-electron chi connectivity index (χ3n) is 3.38. The minimum absolute atomic E-state index is 0.0161. The summed E-state index contributed by atoms with van der Waals surface area (Å²) in [6.07, 6.45) is 1.13. The molecule has 1 heterocycles. The van der Waals surface area contributed by atoms with E-state index in [1.807, 2.05) is 13.8 Å². The number of hydrogen-bond donors (Lipinski definition) is 1. The Morgan fingerprint density at radius 1 is 1.33 bits per heavy atom. The summed E-state index contributed by atoms with van der Waals surface area (Å²) in [6, 6.07) is 5.34. The first-order valence-corrected chi connectivity index (χ1v) is 6.54. The minimum Gasteiger partial charge on any atom is -0.496 e. The molecule has 0 saturated carbocycles. The van der Waals surface area contributed by atoms with E-state index in [0.717, 1.165) is 5.56 Å². The van der Waals surface area contributed by atoms with Crippen LogP contribution in [-0.4, -0.2) is 24.4 Å². The largest absolute Gasteiger partial charge is 0.496 e. The topological polar surface area (TPSA) is 38.7 Å². The van der Waals surface area contributed by atoms with Crippen LogP contribution in [-0.2, 0) is 10.3 Å². The van der Waals surface area contributed by atoms with Crippen LogP contribution in [0.2, 0.25) is 5.02 Å². The maximum Gasteiger partial charge on any atom is 0.125 e. The molecule has 100 valence electrons. The Morgan fingerprint density at radius 2 is 1.94 bits per heavy atom. The number of rotatable bonds is 2. The Labute approximate surface area is 113 Å². The van der Waals surface area contributed by atoms with E-state index in [2.05, 4.69) is 0 Å². The van der Waals surface area contributed by atoms with Gasteiger partial charge in [0, 0.05) is 23.4 Å². The predicted octanol–water partition coefficient (Wildman–Crippen LogP) is 3.12. The number of ether oxygens (including phenoxy) is 2. The van der Waals surface area contributed by atoms with Gasteiger partial charge in [0.1, 0.15) is 5.75 Å². The molecule has 0 aliphatic carbocycles. The van der Waals surface area contributed by atoms with Gasteiger partial charge >= 0.3 is 0 Å². The van der Waals surface area contributed by atoms with Crippen molar-refractivity contribution in [3.8, 4) is 5.75 Å². The fraction of sp³-hybridized carbons (Fsp3) is 0.571. The Hall–Kier alpha value is -0.770. The molecule has 1 aliphatic heterocycles. The van der Waals surface area contributed by atoms with Gasteiger partial charge in [-0.2, -0.15) is 0 Å².